The lowest BCUT2D eigenvalue weighted by Gasteiger charge is -2.29. The van der Waals surface area contributed by atoms with Gasteiger partial charge >= 0.3 is 18.3 Å². The molecule has 53 heavy (non-hydrogen) atoms. The number of hydrogen-bond donors (Lipinski definition) is 0. The van der Waals surface area contributed by atoms with Crippen LogP contribution in [0.5, 0.6) is 0 Å². The van der Waals surface area contributed by atoms with Crippen molar-refractivity contribution in [3.8, 4) is 23.0 Å². The van der Waals surface area contributed by atoms with Gasteiger partial charge in [-0.05, 0) is 91.8 Å². The molecule has 1 saturated carbocycles. The van der Waals surface area contributed by atoms with Gasteiger partial charge in [-0.25, -0.2) is 24.4 Å². The molecule has 2 fully saturated rings. The number of imide groups is 1. The quantitative estimate of drug-likeness (QED) is 0.259. The van der Waals surface area contributed by atoms with Crippen LogP contribution in [0, 0.1) is 17.8 Å². The summed E-state index contributed by atoms with van der Waals surface area (Å²) in [7, 11) is 5.16. The lowest BCUT2D eigenvalue weighted by Crippen LogP contribution is -2.44. The third-order valence-electron chi connectivity index (χ3n) is 8.30. The minimum absolute atomic E-state index is 0.0367. The van der Waals surface area contributed by atoms with Gasteiger partial charge in [0.15, 0.2) is 11.5 Å². The van der Waals surface area contributed by atoms with Gasteiger partial charge in [-0.15, -0.1) is 10.2 Å². The fraction of sp³-hybridized carbons (Fsp3) is 0.568. The van der Waals surface area contributed by atoms with Gasteiger partial charge in [0.25, 0.3) is 5.89 Å². The van der Waals surface area contributed by atoms with E-state index in [2.05, 4.69) is 15.2 Å². The number of aromatic nitrogens is 4. The number of ether oxygens (including phenoxy) is 3. The largest absolute Gasteiger partial charge is 0.444 e. The molecule has 16 nitrogen and oxygen atoms in total. The average Bonchev–Trinajstić information content (AvgIpc) is 3.33. The van der Waals surface area contributed by atoms with Crippen LogP contribution in [-0.4, -0.2) is 105 Å². The molecule has 16 heteroatoms. The van der Waals surface area contributed by atoms with Crippen LogP contribution in [0.4, 0.5) is 26.0 Å². The van der Waals surface area contributed by atoms with Crippen LogP contribution < -0.4 is 9.80 Å². The van der Waals surface area contributed by atoms with E-state index in [9.17, 15) is 19.2 Å². The van der Waals surface area contributed by atoms with Crippen molar-refractivity contribution in [2.75, 3.05) is 44.0 Å². The van der Waals surface area contributed by atoms with Crippen molar-refractivity contribution in [3.63, 3.8) is 0 Å². The van der Waals surface area contributed by atoms with Gasteiger partial charge in [0.05, 0.1) is 6.20 Å². The van der Waals surface area contributed by atoms with E-state index in [1.54, 1.807) is 79.7 Å². The van der Waals surface area contributed by atoms with Gasteiger partial charge in [-0.1, -0.05) is 12.1 Å². The molecule has 2 unspecified atom stereocenters. The van der Waals surface area contributed by atoms with Gasteiger partial charge < -0.3 is 33.3 Å². The Kier molecular flexibility index (Phi) is 10.5. The van der Waals surface area contributed by atoms with E-state index >= 15 is 0 Å². The number of amides is 4. The summed E-state index contributed by atoms with van der Waals surface area (Å²) in [6, 6.07) is 7.19. The zero-order valence-electron chi connectivity index (χ0n) is 32.6. The number of nitrogens with zero attached hydrogens (tertiary/aromatic N) is 8. The maximum absolute atomic E-state index is 13.6. The first-order valence-electron chi connectivity index (χ1n) is 17.5. The molecule has 2 aliphatic rings. The zero-order valence-corrected chi connectivity index (χ0v) is 32.6. The Labute approximate surface area is 309 Å². The lowest BCUT2D eigenvalue weighted by atomic mass is 10.1. The third kappa shape index (κ3) is 9.40. The van der Waals surface area contributed by atoms with Crippen LogP contribution in [0.2, 0.25) is 0 Å². The molecule has 1 aliphatic heterocycles. The number of rotatable bonds is 7. The SMILES string of the molecule is CN(C)C(=O)C1C2CN(c3cnc(N(C(=O)OC(C)(C)C)C(=O)OC(C)(C)C)c(-c4nnc(-c5ccc(CN(C)C(=O)OC(C)(C)C)cc5)o4)n3)CC21. The molecule has 1 aliphatic carbocycles. The molecule has 3 aromatic rings. The van der Waals surface area contributed by atoms with E-state index in [1.807, 2.05) is 37.8 Å². The summed E-state index contributed by atoms with van der Waals surface area (Å²) in [5.41, 5.74) is -1.18. The molecular weight excluding hydrogens is 684 g/mol. The second kappa shape index (κ2) is 14.3. The van der Waals surface area contributed by atoms with Crippen molar-refractivity contribution < 1.29 is 37.8 Å². The number of anilines is 2. The molecule has 2 aromatic heterocycles. The van der Waals surface area contributed by atoms with E-state index < -0.39 is 35.1 Å². The molecule has 1 aromatic carbocycles. The van der Waals surface area contributed by atoms with E-state index in [0.29, 0.717) is 35.9 Å². The highest BCUT2D eigenvalue weighted by atomic mass is 16.6. The van der Waals surface area contributed by atoms with Gasteiger partial charge in [-0.2, -0.15) is 4.90 Å². The number of carbonyl (C=O) groups excluding carboxylic acids is 4. The topological polar surface area (TPSA) is 174 Å². The summed E-state index contributed by atoms with van der Waals surface area (Å²) in [5.74, 6) is 0.669. The average molecular weight is 735 g/mol. The van der Waals surface area contributed by atoms with Crippen LogP contribution in [0.25, 0.3) is 23.0 Å². The summed E-state index contributed by atoms with van der Waals surface area (Å²) < 4.78 is 22.8. The Morgan fingerprint density at radius 3 is 1.79 bits per heavy atom. The Morgan fingerprint density at radius 1 is 0.774 bits per heavy atom. The highest BCUT2D eigenvalue weighted by molar-refractivity contribution is 6.10. The van der Waals surface area contributed by atoms with Crippen LogP contribution in [-0.2, 0) is 25.5 Å². The molecule has 1 saturated heterocycles. The predicted molar refractivity (Wildman–Crippen MR) is 195 cm³/mol. The fourth-order valence-electron chi connectivity index (χ4n) is 5.94. The maximum atomic E-state index is 13.6. The Balaban J connectivity index is 1.48. The summed E-state index contributed by atoms with van der Waals surface area (Å²) in [6.07, 6.45) is -1.05. The molecular formula is C37H50N8O8. The first-order chi connectivity index (χ1) is 24.5. The van der Waals surface area contributed by atoms with Crippen LogP contribution in [0.15, 0.2) is 34.9 Å². The van der Waals surface area contributed by atoms with Crippen molar-refractivity contribution in [1.82, 2.24) is 30.0 Å². The minimum atomic E-state index is -1.03. The van der Waals surface area contributed by atoms with E-state index in [4.69, 9.17) is 23.6 Å². The molecule has 4 amide bonds. The summed E-state index contributed by atoms with van der Waals surface area (Å²) in [4.78, 5) is 67.6. The van der Waals surface area contributed by atoms with Crippen molar-refractivity contribution in [3.05, 3.63) is 36.0 Å². The molecule has 0 spiro atoms. The highest BCUT2D eigenvalue weighted by Crippen LogP contribution is 2.53. The molecule has 0 radical (unpaired) electrons. The first kappa shape index (κ1) is 38.9. The van der Waals surface area contributed by atoms with Crippen molar-refractivity contribution in [2.24, 2.45) is 17.8 Å². The van der Waals surface area contributed by atoms with Crippen LogP contribution >= 0.6 is 0 Å². The van der Waals surface area contributed by atoms with Crippen LogP contribution in [0.1, 0.15) is 67.9 Å². The lowest BCUT2D eigenvalue weighted by molar-refractivity contribution is -0.130. The summed E-state index contributed by atoms with van der Waals surface area (Å²) in [5, 5.41) is 8.51. The second-order valence-electron chi connectivity index (χ2n) is 16.6. The smallest absolute Gasteiger partial charge is 0.425 e. The monoisotopic (exact) mass is 734 g/mol. The van der Waals surface area contributed by atoms with Gasteiger partial charge in [0.2, 0.25) is 11.8 Å². The second-order valence-corrected chi connectivity index (χ2v) is 16.6. The maximum Gasteiger partial charge on any atom is 0.425 e. The Morgan fingerprint density at radius 2 is 1.28 bits per heavy atom. The minimum Gasteiger partial charge on any atom is -0.444 e. The Bertz CT molecular complexity index is 1820. The summed E-state index contributed by atoms with van der Waals surface area (Å²) in [6.45, 7) is 16.9. The predicted octanol–water partition coefficient (Wildman–Crippen LogP) is 6.01. The number of fused-ring (bicyclic) bond motifs is 1. The molecule has 5 rings (SSSR count). The van der Waals surface area contributed by atoms with Crippen molar-refractivity contribution in [2.45, 2.75) is 85.7 Å². The summed E-state index contributed by atoms with van der Waals surface area (Å²) >= 11 is 0. The van der Waals surface area contributed by atoms with Gasteiger partial charge in [0.1, 0.15) is 22.6 Å². The molecule has 286 valence electrons. The molecule has 2 atom stereocenters. The third-order valence-corrected chi connectivity index (χ3v) is 8.30. The number of piperidine rings is 1. The zero-order chi connectivity index (χ0) is 39.2. The van der Waals surface area contributed by atoms with Crippen molar-refractivity contribution in [1.29, 1.82) is 0 Å². The first-order valence-corrected chi connectivity index (χ1v) is 17.5. The molecule has 0 N–H and O–H groups in total. The number of carbonyl (C=O) groups is 4. The van der Waals surface area contributed by atoms with E-state index in [-0.39, 0.29) is 47.0 Å². The van der Waals surface area contributed by atoms with Gasteiger partial charge in [-0.3, -0.25) is 4.79 Å². The number of hydrogen-bond acceptors (Lipinski definition) is 13. The highest BCUT2D eigenvalue weighted by Gasteiger charge is 2.60. The van der Waals surface area contributed by atoms with E-state index in [0.717, 1.165) is 5.56 Å². The van der Waals surface area contributed by atoms with E-state index in [1.165, 1.54) is 11.1 Å². The standard InChI is InChI=1S/C37H50N8O8/c1-35(2,3)51-32(47)43(12)18-21-13-15-22(16-14-21)29-40-41-30(50-29)27-28(45(33(48)52-36(4,5)6)34(49)53-37(7,8)9)38-17-25(39-27)44-19-23-24(20-44)26(23)31(46)42(10)11/h13-17,23-24,26H,18-20H2,1-12H3. The van der Waals surface area contributed by atoms with Crippen molar-refractivity contribution >= 4 is 35.8 Å². The normalized spacial score (nSPS) is 18.2. The Hall–Kier alpha value is -5.28. The van der Waals surface area contributed by atoms with Gasteiger partial charge in [0, 0.05) is 52.3 Å². The molecule has 0 bridgehead atoms. The fourth-order valence-corrected chi connectivity index (χ4v) is 5.94. The number of benzene rings is 1. The molecule has 3 heterocycles. The van der Waals surface area contributed by atoms with Crippen LogP contribution in [0.3, 0.4) is 0 Å².